The van der Waals surface area contributed by atoms with Crippen molar-refractivity contribution in [3.05, 3.63) is 82.6 Å². The van der Waals surface area contributed by atoms with Gasteiger partial charge >= 0.3 is 0 Å². The smallest absolute Gasteiger partial charge is 0.0883 e. The number of rotatable bonds is 6. The van der Waals surface area contributed by atoms with Crippen molar-refractivity contribution in [3.63, 3.8) is 0 Å². The van der Waals surface area contributed by atoms with Crippen LogP contribution in [0.1, 0.15) is 36.8 Å². The molecule has 0 amide bonds. The van der Waals surface area contributed by atoms with Crippen LogP contribution in [-0.4, -0.2) is 23.9 Å². The van der Waals surface area contributed by atoms with Crippen LogP contribution in [0, 0.1) is 0 Å². The lowest BCUT2D eigenvalue weighted by molar-refractivity contribution is 0.372. The monoisotopic (exact) mass is 318 g/mol. The summed E-state index contributed by atoms with van der Waals surface area (Å²) in [5.74, 6) is 0. The molecular formula is C22H26N2. The zero-order valence-electron chi connectivity index (χ0n) is 14.8. The lowest BCUT2D eigenvalue weighted by Crippen LogP contribution is -2.21. The van der Waals surface area contributed by atoms with Crippen LogP contribution >= 0.6 is 0 Å². The first-order valence-corrected chi connectivity index (χ1v) is 8.80. The topological polar surface area (TPSA) is 6.48 Å². The van der Waals surface area contributed by atoms with Crippen LogP contribution in [0.5, 0.6) is 0 Å². The average molecular weight is 318 g/mol. The quantitative estimate of drug-likeness (QED) is 0.697. The van der Waals surface area contributed by atoms with Crippen LogP contribution in [0.15, 0.2) is 71.4 Å². The van der Waals surface area contributed by atoms with Crippen molar-refractivity contribution in [2.45, 2.75) is 38.8 Å². The Morgan fingerprint density at radius 1 is 1.00 bits per heavy atom. The van der Waals surface area contributed by atoms with Gasteiger partial charge in [0, 0.05) is 32.9 Å². The Morgan fingerprint density at radius 3 is 2.38 bits per heavy atom. The van der Waals surface area contributed by atoms with Crippen molar-refractivity contribution in [1.29, 1.82) is 0 Å². The van der Waals surface area contributed by atoms with E-state index in [1.54, 1.807) is 0 Å². The van der Waals surface area contributed by atoms with Gasteiger partial charge in [-0.25, -0.2) is 0 Å². The Hall–Kier alpha value is -2.40. The molecule has 0 saturated carbocycles. The minimum Gasteiger partial charge on any atom is -0.374 e. The normalized spacial score (nSPS) is 15.9. The van der Waals surface area contributed by atoms with Gasteiger partial charge in [-0.1, -0.05) is 42.1 Å². The first-order chi connectivity index (χ1) is 11.7. The largest absolute Gasteiger partial charge is 0.374 e. The molecule has 0 aliphatic heterocycles. The fourth-order valence-corrected chi connectivity index (χ4v) is 3.30. The molecule has 124 valence electrons. The molecule has 24 heavy (non-hydrogen) atoms. The van der Waals surface area contributed by atoms with E-state index in [0.717, 1.165) is 18.8 Å². The van der Waals surface area contributed by atoms with Crippen LogP contribution in [-0.2, 0) is 13.1 Å². The third-order valence-corrected chi connectivity index (χ3v) is 4.74. The summed E-state index contributed by atoms with van der Waals surface area (Å²) in [6.07, 6.45) is 13.5. The molecule has 0 radical (unpaired) electrons. The highest BCUT2D eigenvalue weighted by Gasteiger charge is 2.12. The zero-order chi connectivity index (χ0) is 16.8. The highest BCUT2D eigenvalue weighted by molar-refractivity contribution is 5.30. The van der Waals surface area contributed by atoms with E-state index < -0.39 is 0 Å². The third-order valence-electron chi connectivity index (χ3n) is 4.74. The second kappa shape index (κ2) is 7.93. The summed E-state index contributed by atoms with van der Waals surface area (Å²) < 4.78 is 0. The van der Waals surface area contributed by atoms with E-state index in [1.165, 1.54) is 42.5 Å². The molecule has 0 atom stereocenters. The van der Waals surface area contributed by atoms with Gasteiger partial charge in [-0.3, -0.25) is 0 Å². The van der Waals surface area contributed by atoms with E-state index in [4.69, 9.17) is 0 Å². The Labute approximate surface area is 145 Å². The van der Waals surface area contributed by atoms with Gasteiger partial charge < -0.3 is 9.80 Å². The van der Waals surface area contributed by atoms with Crippen LogP contribution in [0.3, 0.4) is 0 Å². The predicted octanol–water partition coefficient (Wildman–Crippen LogP) is 4.77. The first kappa shape index (κ1) is 16.5. The maximum atomic E-state index is 3.18. The SMILES string of the molecule is CN(Cc1ccccc1CN(C)C1=CCCCC1)C1=C=C=CC=C1. The molecule has 0 aromatic heterocycles. The molecule has 3 rings (SSSR count). The van der Waals surface area contributed by atoms with E-state index in [-0.39, 0.29) is 0 Å². The van der Waals surface area contributed by atoms with E-state index in [2.05, 4.69) is 71.8 Å². The molecule has 2 aliphatic rings. The average Bonchev–Trinajstić information content (AvgIpc) is 2.64. The third kappa shape index (κ3) is 4.11. The lowest BCUT2D eigenvalue weighted by Gasteiger charge is -2.27. The van der Waals surface area contributed by atoms with E-state index >= 15 is 0 Å². The van der Waals surface area contributed by atoms with Crippen LogP contribution in [0.25, 0.3) is 0 Å². The molecule has 0 heterocycles. The Balaban J connectivity index is 1.73. The number of likely N-dealkylation sites (N-methyl/N-ethyl adjacent to an activating group) is 1. The summed E-state index contributed by atoms with van der Waals surface area (Å²) in [6, 6.07) is 8.77. The van der Waals surface area contributed by atoms with Crippen molar-refractivity contribution >= 4 is 0 Å². The zero-order valence-corrected chi connectivity index (χ0v) is 14.8. The molecule has 0 spiro atoms. The summed E-state index contributed by atoms with van der Waals surface area (Å²) >= 11 is 0. The van der Waals surface area contributed by atoms with Gasteiger partial charge in [0.05, 0.1) is 5.70 Å². The molecule has 1 aromatic carbocycles. The van der Waals surface area contributed by atoms with E-state index in [1.807, 2.05) is 12.2 Å². The minimum atomic E-state index is 0.886. The van der Waals surface area contributed by atoms with Gasteiger partial charge in [0.25, 0.3) is 0 Å². The van der Waals surface area contributed by atoms with Gasteiger partial charge in [0.1, 0.15) is 0 Å². The van der Waals surface area contributed by atoms with Crippen molar-refractivity contribution < 1.29 is 0 Å². The molecule has 2 heteroatoms. The van der Waals surface area contributed by atoms with Gasteiger partial charge in [-0.05, 0) is 54.7 Å². The molecule has 0 unspecified atom stereocenters. The first-order valence-electron chi connectivity index (χ1n) is 8.80. The van der Waals surface area contributed by atoms with Crippen LogP contribution in [0.2, 0.25) is 0 Å². The summed E-state index contributed by atoms with van der Waals surface area (Å²) in [5.41, 5.74) is 11.6. The number of hydrogen-bond acceptors (Lipinski definition) is 2. The second-order valence-corrected chi connectivity index (χ2v) is 6.60. The lowest BCUT2D eigenvalue weighted by atomic mass is 10.0. The maximum absolute atomic E-state index is 3.18. The van der Waals surface area contributed by atoms with Crippen molar-refractivity contribution in [2.24, 2.45) is 0 Å². The van der Waals surface area contributed by atoms with Crippen molar-refractivity contribution in [1.82, 2.24) is 9.80 Å². The van der Waals surface area contributed by atoms with Gasteiger partial charge in [-0.15, -0.1) is 0 Å². The number of allylic oxidation sites excluding steroid dienone is 5. The molecular weight excluding hydrogens is 292 g/mol. The highest BCUT2D eigenvalue weighted by atomic mass is 15.1. The maximum Gasteiger partial charge on any atom is 0.0883 e. The Morgan fingerprint density at radius 2 is 1.75 bits per heavy atom. The molecule has 1 aromatic rings. The Bertz CT molecular complexity index is 741. The molecule has 2 nitrogen and oxygen atoms in total. The number of nitrogens with zero attached hydrogens (tertiary/aromatic N) is 2. The van der Waals surface area contributed by atoms with Gasteiger partial charge in [0.2, 0.25) is 0 Å². The minimum absolute atomic E-state index is 0.886. The van der Waals surface area contributed by atoms with Crippen LogP contribution < -0.4 is 0 Å². The molecule has 2 aliphatic carbocycles. The summed E-state index contributed by atoms with van der Waals surface area (Å²) in [4.78, 5) is 4.65. The molecule has 0 fully saturated rings. The van der Waals surface area contributed by atoms with Crippen molar-refractivity contribution in [2.75, 3.05) is 14.1 Å². The van der Waals surface area contributed by atoms with Gasteiger partial charge in [-0.2, -0.15) is 0 Å². The summed E-state index contributed by atoms with van der Waals surface area (Å²) in [7, 11) is 4.33. The summed E-state index contributed by atoms with van der Waals surface area (Å²) in [6.45, 7) is 1.86. The molecule has 0 bridgehead atoms. The second-order valence-electron chi connectivity index (χ2n) is 6.60. The highest BCUT2D eigenvalue weighted by Crippen LogP contribution is 2.23. The molecule has 0 saturated heterocycles. The van der Waals surface area contributed by atoms with E-state index in [0.29, 0.717) is 0 Å². The van der Waals surface area contributed by atoms with E-state index in [9.17, 15) is 0 Å². The Kier molecular flexibility index (Phi) is 5.43. The number of hydrogen-bond donors (Lipinski definition) is 0. The summed E-state index contributed by atoms with van der Waals surface area (Å²) in [5, 5.41) is 0. The fraction of sp³-hybridized carbons (Fsp3) is 0.364. The predicted molar refractivity (Wildman–Crippen MR) is 100 cm³/mol. The van der Waals surface area contributed by atoms with Gasteiger partial charge in [0.15, 0.2) is 0 Å². The fourth-order valence-electron chi connectivity index (χ4n) is 3.30. The van der Waals surface area contributed by atoms with Crippen molar-refractivity contribution in [3.8, 4) is 0 Å². The molecule has 0 N–H and O–H groups in total. The van der Waals surface area contributed by atoms with Crippen LogP contribution in [0.4, 0.5) is 0 Å². The standard InChI is InChI=1S/C22H26N2/c1-23(21-13-5-3-6-14-21)17-19-11-9-10-12-20(19)18-24(2)22-15-7-4-8-16-22/h3,5,9-13,15H,4,7-8,16-18H2,1-2H3. The number of benzene rings is 1.